The molecule has 0 unspecified atom stereocenters. The second-order valence-electron chi connectivity index (χ2n) is 0.803. The number of carboxylic acid groups (broad SMARTS) is 1. The Morgan fingerprint density at radius 2 is 1.57 bits per heavy atom. The molecule has 0 fully saturated rings. The molecule has 2 nitrogen and oxygen atoms in total. The molecule has 1 N–H and O–H groups in total. The summed E-state index contributed by atoms with van der Waals surface area (Å²) in [7, 11) is 0. The van der Waals surface area contributed by atoms with Crippen molar-refractivity contribution in [3.63, 3.8) is 0 Å². The molecule has 0 rings (SSSR count). The molecule has 0 aliphatic carbocycles. The third kappa shape index (κ3) is 2.97. The van der Waals surface area contributed by atoms with Crippen molar-refractivity contribution in [2.75, 3.05) is 0 Å². The summed E-state index contributed by atoms with van der Waals surface area (Å²) in [6, 6.07) is 0. The van der Waals surface area contributed by atoms with E-state index in [2.05, 4.69) is 0 Å². The molecule has 0 atom stereocenters. The molecule has 0 bridgehead atoms. The zero-order chi connectivity index (χ0) is 6.08. The molecular formula is C2HCl3O2. The van der Waals surface area contributed by atoms with Gasteiger partial charge in [-0.1, -0.05) is 34.8 Å². The second-order valence-corrected chi connectivity index (χ2v) is 3.08. The lowest BCUT2D eigenvalue weighted by Gasteiger charge is -1.99. The maximum atomic E-state index is 9.62. The standard InChI is InChI=1S/C2HCl3O2/c3-2(4,5)1(6)7/h(H,6,7)/i1+1. The van der Waals surface area contributed by atoms with Crippen LogP contribution in [0.4, 0.5) is 0 Å². The van der Waals surface area contributed by atoms with E-state index in [1.807, 2.05) is 0 Å². The van der Waals surface area contributed by atoms with Crippen LogP contribution in [0.5, 0.6) is 0 Å². The van der Waals surface area contributed by atoms with E-state index >= 15 is 0 Å². The minimum atomic E-state index is -2.17. The van der Waals surface area contributed by atoms with Gasteiger partial charge >= 0.3 is 5.97 Å². The van der Waals surface area contributed by atoms with Gasteiger partial charge in [0.1, 0.15) is 0 Å². The quantitative estimate of drug-likeness (QED) is 0.434. The molecule has 0 amide bonds. The zero-order valence-corrected chi connectivity index (χ0v) is 5.26. The first kappa shape index (κ1) is 7.34. The van der Waals surface area contributed by atoms with Gasteiger partial charge in [0.2, 0.25) is 0 Å². The Kier molecular flexibility index (Phi) is 2.17. The van der Waals surface area contributed by atoms with E-state index in [0.717, 1.165) is 0 Å². The highest BCUT2D eigenvalue weighted by Crippen LogP contribution is 2.25. The zero-order valence-electron chi connectivity index (χ0n) is 2.99. The minimum absolute atomic E-state index is 1.46. The lowest BCUT2D eigenvalue weighted by atomic mass is 11.2. The Balaban J connectivity index is 3.79. The monoisotopic (exact) mass is 163 g/mol. The van der Waals surface area contributed by atoms with Gasteiger partial charge in [-0.25, -0.2) is 4.79 Å². The fraction of sp³-hybridized carbons (Fsp3) is 0.500. The van der Waals surface area contributed by atoms with Crippen LogP contribution in [0.3, 0.4) is 0 Å². The molecule has 7 heavy (non-hydrogen) atoms. The maximum absolute atomic E-state index is 9.62. The molecule has 0 saturated carbocycles. The van der Waals surface area contributed by atoms with Crippen LogP contribution in [0.1, 0.15) is 0 Å². The minimum Gasteiger partial charge on any atom is -0.478 e. The second kappa shape index (κ2) is 2.07. The van der Waals surface area contributed by atoms with E-state index in [4.69, 9.17) is 39.9 Å². The van der Waals surface area contributed by atoms with Crippen molar-refractivity contribution < 1.29 is 9.90 Å². The summed E-state index contributed by atoms with van der Waals surface area (Å²) in [5, 5.41) is 7.85. The van der Waals surface area contributed by atoms with Crippen LogP contribution in [0.15, 0.2) is 0 Å². The van der Waals surface area contributed by atoms with Gasteiger partial charge in [0.05, 0.1) is 0 Å². The average Bonchev–Trinajstić information content (AvgIpc) is 1.31. The highest BCUT2D eigenvalue weighted by Gasteiger charge is 2.29. The molecule has 0 aromatic heterocycles. The molecule has 0 aromatic rings. The first-order chi connectivity index (χ1) is 2.94. The van der Waals surface area contributed by atoms with Gasteiger partial charge < -0.3 is 5.11 Å². The Bertz CT molecular complexity index is 83.4. The van der Waals surface area contributed by atoms with Crippen molar-refractivity contribution in [3.8, 4) is 0 Å². The average molecular weight is 164 g/mol. The van der Waals surface area contributed by atoms with E-state index < -0.39 is 9.76 Å². The highest BCUT2D eigenvalue weighted by atomic mass is 35.6. The van der Waals surface area contributed by atoms with Crippen molar-refractivity contribution in [2.45, 2.75) is 3.79 Å². The predicted octanol–water partition coefficient (Wildman–Crippen LogP) is 1.44. The molecule has 0 aliphatic heterocycles. The third-order valence-electron chi connectivity index (χ3n) is 0.243. The van der Waals surface area contributed by atoms with Crippen molar-refractivity contribution >= 4 is 40.8 Å². The fourth-order valence-electron chi connectivity index (χ4n) is 0. The lowest BCUT2D eigenvalue weighted by molar-refractivity contribution is -0.135. The van der Waals surface area contributed by atoms with Crippen LogP contribution in [-0.2, 0) is 4.79 Å². The highest BCUT2D eigenvalue weighted by molar-refractivity contribution is 6.75. The van der Waals surface area contributed by atoms with Gasteiger partial charge in [-0.15, -0.1) is 0 Å². The first-order valence-electron chi connectivity index (χ1n) is 1.24. The Morgan fingerprint density at radius 3 is 1.57 bits per heavy atom. The van der Waals surface area contributed by atoms with E-state index in [1.54, 1.807) is 0 Å². The predicted molar refractivity (Wildman–Crippen MR) is 27.9 cm³/mol. The Labute approximate surface area is 55.0 Å². The lowest BCUT2D eigenvalue weighted by Crippen LogP contribution is -2.16. The smallest absolute Gasteiger partial charge is 0.356 e. The first-order valence-corrected chi connectivity index (χ1v) is 2.38. The summed E-state index contributed by atoms with van der Waals surface area (Å²) in [4.78, 5) is 9.62. The van der Waals surface area contributed by atoms with Crippen molar-refractivity contribution in [2.24, 2.45) is 0 Å². The normalized spacial score (nSPS) is 11.3. The van der Waals surface area contributed by atoms with E-state index in [9.17, 15) is 4.79 Å². The summed E-state index contributed by atoms with van der Waals surface area (Å²) in [5.74, 6) is -1.46. The molecule has 0 aliphatic rings. The number of rotatable bonds is 0. The fourth-order valence-corrected chi connectivity index (χ4v) is 0. The summed E-state index contributed by atoms with van der Waals surface area (Å²) in [6.07, 6.45) is 0. The van der Waals surface area contributed by atoms with Crippen LogP contribution in [-0.4, -0.2) is 14.9 Å². The van der Waals surface area contributed by atoms with Crippen molar-refractivity contribution in [1.29, 1.82) is 0 Å². The summed E-state index contributed by atoms with van der Waals surface area (Å²) in [6.45, 7) is 0. The Morgan fingerprint density at radius 1 is 1.43 bits per heavy atom. The number of alkyl halides is 3. The largest absolute Gasteiger partial charge is 0.478 e. The topological polar surface area (TPSA) is 37.3 Å². The molecular weight excluding hydrogens is 163 g/mol. The van der Waals surface area contributed by atoms with Gasteiger partial charge in [0, 0.05) is 0 Å². The van der Waals surface area contributed by atoms with Gasteiger partial charge in [-0.3, -0.25) is 0 Å². The molecule has 0 spiro atoms. The van der Waals surface area contributed by atoms with Crippen molar-refractivity contribution in [1.82, 2.24) is 0 Å². The van der Waals surface area contributed by atoms with Gasteiger partial charge in [-0.05, 0) is 0 Å². The molecule has 42 valence electrons. The molecule has 0 radical (unpaired) electrons. The van der Waals surface area contributed by atoms with Gasteiger partial charge in [0.15, 0.2) is 0 Å². The van der Waals surface area contributed by atoms with E-state index in [0.29, 0.717) is 0 Å². The summed E-state index contributed by atoms with van der Waals surface area (Å²) >= 11 is 14.4. The molecule has 0 saturated heterocycles. The molecule has 0 aromatic carbocycles. The molecule has 0 heterocycles. The third-order valence-corrected chi connectivity index (χ3v) is 0.728. The van der Waals surface area contributed by atoms with Crippen LogP contribution < -0.4 is 0 Å². The van der Waals surface area contributed by atoms with Gasteiger partial charge in [-0.2, -0.15) is 0 Å². The van der Waals surface area contributed by atoms with Crippen LogP contribution in [0.2, 0.25) is 0 Å². The summed E-state index contributed by atoms with van der Waals surface area (Å²) in [5.41, 5.74) is 0. The molecule has 5 heteroatoms. The van der Waals surface area contributed by atoms with Crippen LogP contribution in [0.25, 0.3) is 0 Å². The van der Waals surface area contributed by atoms with Crippen LogP contribution in [0, 0.1) is 0 Å². The van der Waals surface area contributed by atoms with E-state index in [1.165, 1.54) is 0 Å². The number of carbonyl (C=O) groups is 1. The van der Waals surface area contributed by atoms with Crippen molar-refractivity contribution in [3.05, 3.63) is 0 Å². The van der Waals surface area contributed by atoms with Gasteiger partial charge in [0.25, 0.3) is 3.79 Å². The number of hydrogen-bond donors (Lipinski definition) is 1. The number of hydrogen-bond acceptors (Lipinski definition) is 1. The summed E-state index contributed by atoms with van der Waals surface area (Å²) < 4.78 is -2.17. The van der Waals surface area contributed by atoms with Crippen LogP contribution >= 0.6 is 34.8 Å². The number of carboxylic acids is 1. The number of aliphatic carboxylic acids is 1. The Hall–Kier alpha value is 0.340. The number of halogens is 3. The van der Waals surface area contributed by atoms with E-state index in [-0.39, 0.29) is 0 Å². The maximum Gasteiger partial charge on any atom is 0.356 e. The SMILES string of the molecule is O=[13C](O)C(Cl)(Cl)Cl.